The second-order valence-electron chi connectivity index (χ2n) is 2.60. The van der Waals surface area contributed by atoms with Crippen LogP contribution in [0.1, 0.15) is 6.99 Å². The topological polar surface area (TPSA) is 66.8 Å². The molecule has 1 rings (SSSR count). The number of methoxy groups -OCH3 is 1. The lowest BCUT2D eigenvalue weighted by Crippen LogP contribution is -1.93. The van der Waals surface area contributed by atoms with Gasteiger partial charge in [-0.15, -0.1) is 0 Å². The first-order chi connectivity index (χ1) is 6.63. The van der Waals surface area contributed by atoms with E-state index < -0.39 is 5.97 Å². The van der Waals surface area contributed by atoms with Crippen LogP contribution in [0.25, 0.3) is 6.08 Å². The number of esters is 1. The average molecular weight is 195 g/mol. The van der Waals surface area contributed by atoms with Crippen molar-refractivity contribution in [3.63, 3.8) is 0 Å². The molecule has 75 valence electrons. The molecule has 4 heteroatoms. The van der Waals surface area contributed by atoms with Crippen molar-refractivity contribution in [1.82, 2.24) is 0 Å². The molecule has 1 radical (unpaired) electrons. The van der Waals surface area contributed by atoms with Crippen LogP contribution in [0.15, 0.2) is 24.3 Å². The molecule has 0 heterocycles. The molecule has 0 aliphatic heterocycles. The number of phenolic OH excluding ortho intramolecular Hbond substituents is 2. The molecule has 0 aliphatic carbocycles. The van der Waals surface area contributed by atoms with E-state index in [1.807, 2.05) is 0 Å². The number of carbonyl (C=O) groups excluding carboxylic acids is 1. The van der Waals surface area contributed by atoms with Crippen molar-refractivity contribution in [2.75, 3.05) is 7.11 Å². The molecule has 0 amide bonds. The van der Waals surface area contributed by atoms with Crippen molar-refractivity contribution in [1.29, 1.82) is 0 Å². The SMILES string of the molecule is COC(=O)C=Cc1cc(O)ccc1O.[H]. The van der Waals surface area contributed by atoms with E-state index in [0.29, 0.717) is 5.56 Å². The van der Waals surface area contributed by atoms with Crippen LogP contribution in [0.3, 0.4) is 0 Å². The molecule has 0 aromatic heterocycles. The smallest absolute Gasteiger partial charge is 0.330 e. The van der Waals surface area contributed by atoms with Gasteiger partial charge in [0.1, 0.15) is 11.5 Å². The number of carbonyl (C=O) groups is 1. The van der Waals surface area contributed by atoms with Crippen molar-refractivity contribution in [2.45, 2.75) is 0 Å². The highest BCUT2D eigenvalue weighted by molar-refractivity contribution is 5.87. The second kappa shape index (κ2) is 4.32. The van der Waals surface area contributed by atoms with Crippen molar-refractivity contribution < 1.29 is 21.2 Å². The number of hydrogen-bond donors (Lipinski definition) is 2. The summed E-state index contributed by atoms with van der Waals surface area (Å²) >= 11 is 0. The highest BCUT2D eigenvalue weighted by Crippen LogP contribution is 2.22. The maximum absolute atomic E-state index is 10.7. The zero-order valence-electron chi connectivity index (χ0n) is 8.60. The molecular formula is C10H11O4. The molecule has 0 unspecified atom stereocenters. The van der Waals surface area contributed by atoms with E-state index in [1.54, 1.807) is 0 Å². The summed E-state index contributed by atoms with van der Waals surface area (Å²) in [7, 11) is 1.26. The normalized spacial score (nSPS) is 10.4. The van der Waals surface area contributed by atoms with Crippen molar-refractivity contribution >= 4 is 12.0 Å². The second-order valence-corrected chi connectivity index (χ2v) is 2.60. The third kappa shape index (κ3) is 2.52. The van der Waals surface area contributed by atoms with Crippen LogP contribution in [-0.4, -0.2) is 23.3 Å². The van der Waals surface area contributed by atoms with Crippen LogP contribution < -0.4 is 0 Å². The van der Waals surface area contributed by atoms with Crippen LogP contribution in [0, 0.1) is 0 Å². The fourth-order valence-electron chi connectivity index (χ4n) is 0.901. The summed E-state index contributed by atoms with van der Waals surface area (Å²) in [4.78, 5) is 10.7. The Balaban J connectivity index is 0.00000196. The molecule has 0 fully saturated rings. The van der Waals surface area contributed by atoms with Gasteiger partial charge in [-0.3, -0.25) is 0 Å². The molecule has 0 saturated heterocycles. The Morgan fingerprint density at radius 1 is 1.50 bits per heavy atom. The van der Waals surface area contributed by atoms with Gasteiger partial charge in [-0.25, -0.2) is 4.79 Å². The molecule has 2 N–H and O–H groups in total. The first kappa shape index (κ1) is 10.1. The maximum Gasteiger partial charge on any atom is 0.330 e. The first-order valence-electron chi connectivity index (χ1n) is 3.91. The first-order valence-corrected chi connectivity index (χ1v) is 3.91. The summed E-state index contributed by atoms with van der Waals surface area (Å²) in [5.74, 6) is -0.511. The third-order valence-corrected chi connectivity index (χ3v) is 1.61. The lowest BCUT2D eigenvalue weighted by molar-refractivity contribution is -0.134. The predicted octanol–water partition coefficient (Wildman–Crippen LogP) is 1.40. The fraction of sp³-hybridized carbons (Fsp3) is 0.100. The van der Waals surface area contributed by atoms with Crippen LogP contribution in [0.5, 0.6) is 11.5 Å². The number of benzene rings is 1. The van der Waals surface area contributed by atoms with E-state index in [2.05, 4.69) is 4.74 Å². The highest BCUT2D eigenvalue weighted by atomic mass is 16.5. The molecule has 1 aromatic carbocycles. The molecule has 1 aromatic rings. The van der Waals surface area contributed by atoms with Crippen molar-refractivity contribution in [3.05, 3.63) is 29.8 Å². The summed E-state index contributed by atoms with van der Waals surface area (Å²) in [6, 6.07) is 4.03. The predicted molar refractivity (Wildman–Crippen MR) is 51.9 cm³/mol. The van der Waals surface area contributed by atoms with Gasteiger partial charge in [-0.1, -0.05) is 0 Å². The molecule has 0 aliphatic rings. The Morgan fingerprint density at radius 3 is 2.86 bits per heavy atom. The maximum atomic E-state index is 10.7. The van der Waals surface area contributed by atoms with E-state index in [4.69, 9.17) is 5.11 Å². The van der Waals surface area contributed by atoms with E-state index in [1.165, 1.54) is 31.4 Å². The van der Waals surface area contributed by atoms with E-state index in [0.717, 1.165) is 6.08 Å². The van der Waals surface area contributed by atoms with Gasteiger partial charge in [-0.05, 0) is 24.3 Å². The van der Waals surface area contributed by atoms with Gasteiger partial charge in [0, 0.05) is 13.1 Å². The summed E-state index contributed by atoms with van der Waals surface area (Å²) in [5.41, 5.74) is 0.357. The summed E-state index contributed by atoms with van der Waals surface area (Å²) in [6.07, 6.45) is 2.52. The zero-order valence-corrected chi connectivity index (χ0v) is 7.60. The van der Waals surface area contributed by atoms with Gasteiger partial charge in [0.05, 0.1) is 7.11 Å². The summed E-state index contributed by atoms with van der Waals surface area (Å²) in [6.45, 7) is 0. The number of hydrogen-bond acceptors (Lipinski definition) is 4. The molecule has 0 bridgehead atoms. The number of aromatic hydroxyl groups is 2. The lowest BCUT2D eigenvalue weighted by atomic mass is 10.2. The Hall–Kier alpha value is -1.97. The van der Waals surface area contributed by atoms with Gasteiger partial charge < -0.3 is 14.9 Å². The van der Waals surface area contributed by atoms with Crippen molar-refractivity contribution in [2.24, 2.45) is 0 Å². The summed E-state index contributed by atoms with van der Waals surface area (Å²) < 4.78 is 4.37. The minimum Gasteiger partial charge on any atom is -0.508 e. The zero-order chi connectivity index (χ0) is 10.6. The molecule has 0 atom stereocenters. The molecule has 0 saturated carbocycles. The average Bonchev–Trinajstić information content (AvgIpc) is 2.19. The standard InChI is InChI=1S/C10H10O4.H/c1-14-10(13)5-2-7-6-8(11)3-4-9(7)12;/h2-6,11-12H,1H3;. The van der Waals surface area contributed by atoms with Crippen LogP contribution in [0.4, 0.5) is 0 Å². The molecular weight excluding hydrogens is 184 g/mol. The van der Waals surface area contributed by atoms with Gasteiger partial charge in [0.2, 0.25) is 0 Å². The van der Waals surface area contributed by atoms with Gasteiger partial charge in [-0.2, -0.15) is 0 Å². The van der Waals surface area contributed by atoms with Gasteiger partial charge >= 0.3 is 5.97 Å². The van der Waals surface area contributed by atoms with E-state index in [9.17, 15) is 9.90 Å². The minimum absolute atomic E-state index is 0. The largest absolute Gasteiger partial charge is 0.508 e. The third-order valence-electron chi connectivity index (χ3n) is 1.61. The Labute approximate surface area is 82.5 Å². The van der Waals surface area contributed by atoms with Crippen LogP contribution >= 0.6 is 0 Å². The molecule has 0 spiro atoms. The number of ether oxygens (including phenoxy) is 1. The lowest BCUT2D eigenvalue weighted by Gasteiger charge is -1.99. The molecule has 14 heavy (non-hydrogen) atoms. The van der Waals surface area contributed by atoms with Crippen molar-refractivity contribution in [3.8, 4) is 11.5 Å². The quantitative estimate of drug-likeness (QED) is 0.425. The Bertz CT molecular complexity index is 374. The monoisotopic (exact) mass is 195 g/mol. The summed E-state index contributed by atoms with van der Waals surface area (Å²) in [5, 5.41) is 18.4. The van der Waals surface area contributed by atoms with E-state index >= 15 is 0 Å². The Morgan fingerprint density at radius 2 is 2.21 bits per heavy atom. The fourth-order valence-corrected chi connectivity index (χ4v) is 0.901. The number of rotatable bonds is 2. The van der Waals surface area contributed by atoms with E-state index in [-0.39, 0.29) is 12.9 Å². The highest BCUT2D eigenvalue weighted by Gasteiger charge is 1.99. The van der Waals surface area contributed by atoms with Gasteiger partial charge in [0.25, 0.3) is 0 Å². The van der Waals surface area contributed by atoms with Gasteiger partial charge in [0.15, 0.2) is 0 Å². The van der Waals surface area contributed by atoms with Crippen LogP contribution in [0.2, 0.25) is 0 Å². The number of phenols is 2. The minimum atomic E-state index is -0.521. The van der Waals surface area contributed by atoms with Crippen LogP contribution in [-0.2, 0) is 9.53 Å². The molecule has 4 nitrogen and oxygen atoms in total. The Kier molecular flexibility index (Phi) is 3.12.